The molecule has 2 aliphatic heterocycles. The standard InChI is InChI=1S/C27H34F2N4O2/c1-4-31(3)11-6-12-32-16-27(2)15-22-21-14-20(35-26(28)29)9-10-23(21)30-24(22)25(33(27)17-32)18-7-5-8-19(34)13-18/h5,7-10,13-14,25-26,30,34H,4,6,11-12,15-17H2,1-3H3. The minimum atomic E-state index is -2.86. The van der Waals surface area contributed by atoms with Crippen LogP contribution in [0.3, 0.4) is 0 Å². The first-order valence-corrected chi connectivity index (χ1v) is 12.3. The first-order valence-electron chi connectivity index (χ1n) is 12.3. The Morgan fingerprint density at radius 1 is 1.26 bits per heavy atom. The van der Waals surface area contributed by atoms with Gasteiger partial charge >= 0.3 is 6.61 Å². The maximum absolute atomic E-state index is 12.9. The van der Waals surface area contributed by atoms with Crippen molar-refractivity contribution in [3.63, 3.8) is 0 Å². The minimum absolute atomic E-state index is 0.0777. The minimum Gasteiger partial charge on any atom is -0.508 e. The second-order valence-corrected chi connectivity index (χ2v) is 10.2. The third kappa shape index (κ3) is 4.62. The summed E-state index contributed by atoms with van der Waals surface area (Å²) >= 11 is 0. The molecule has 5 rings (SSSR count). The molecule has 0 bridgehead atoms. The topological polar surface area (TPSA) is 55.0 Å². The number of halogens is 2. The van der Waals surface area contributed by atoms with Gasteiger partial charge in [-0.3, -0.25) is 9.80 Å². The predicted octanol–water partition coefficient (Wildman–Crippen LogP) is 4.80. The van der Waals surface area contributed by atoms with Gasteiger partial charge in [-0.2, -0.15) is 8.78 Å². The Morgan fingerprint density at radius 2 is 2.09 bits per heavy atom. The molecular weight excluding hydrogens is 450 g/mol. The lowest BCUT2D eigenvalue weighted by molar-refractivity contribution is -0.0497. The van der Waals surface area contributed by atoms with E-state index in [9.17, 15) is 13.9 Å². The summed E-state index contributed by atoms with van der Waals surface area (Å²) in [5.41, 5.74) is 3.99. The highest BCUT2D eigenvalue weighted by Gasteiger charge is 2.49. The summed E-state index contributed by atoms with van der Waals surface area (Å²) < 4.78 is 30.5. The lowest BCUT2D eigenvalue weighted by Crippen LogP contribution is -2.50. The van der Waals surface area contributed by atoms with Crippen molar-refractivity contribution in [1.29, 1.82) is 0 Å². The van der Waals surface area contributed by atoms with E-state index in [1.807, 2.05) is 18.2 Å². The number of H-pyrrole nitrogens is 1. The molecule has 1 aromatic heterocycles. The second kappa shape index (κ2) is 9.41. The predicted molar refractivity (Wildman–Crippen MR) is 133 cm³/mol. The number of benzene rings is 2. The molecule has 188 valence electrons. The van der Waals surface area contributed by atoms with E-state index < -0.39 is 6.61 Å². The van der Waals surface area contributed by atoms with Crippen LogP contribution in [0.1, 0.15) is 43.1 Å². The van der Waals surface area contributed by atoms with Gasteiger partial charge in [-0.25, -0.2) is 0 Å². The van der Waals surface area contributed by atoms with Gasteiger partial charge in [-0.1, -0.05) is 19.1 Å². The number of ether oxygens (including phenoxy) is 1. The van der Waals surface area contributed by atoms with Crippen LogP contribution in [-0.2, 0) is 6.42 Å². The van der Waals surface area contributed by atoms with Crippen molar-refractivity contribution in [2.45, 2.75) is 44.9 Å². The van der Waals surface area contributed by atoms with E-state index in [0.29, 0.717) is 0 Å². The number of aromatic amines is 1. The zero-order valence-corrected chi connectivity index (χ0v) is 20.6. The van der Waals surface area contributed by atoms with Gasteiger partial charge < -0.3 is 19.7 Å². The van der Waals surface area contributed by atoms with Gasteiger partial charge in [-0.05, 0) is 81.4 Å². The normalized spacial score (nSPS) is 22.8. The van der Waals surface area contributed by atoms with E-state index >= 15 is 0 Å². The van der Waals surface area contributed by atoms with Crippen molar-refractivity contribution in [3.05, 3.63) is 59.3 Å². The largest absolute Gasteiger partial charge is 0.508 e. The van der Waals surface area contributed by atoms with E-state index in [0.717, 1.165) is 73.4 Å². The average molecular weight is 485 g/mol. The highest BCUT2D eigenvalue weighted by molar-refractivity contribution is 5.87. The lowest BCUT2D eigenvalue weighted by Gasteiger charge is -2.44. The van der Waals surface area contributed by atoms with E-state index in [1.54, 1.807) is 18.2 Å². The van der Waals surface area contributed by atoms with Crippen molar-refractivity contribution < 1.29 is 18.6 Å². The lowest BCUT2D eigenvalue weighted by atomic mass is 9.81. The molecular formula is C27H34F2N4O2. The van der Waals surface area contributed by atoms with Crippen LogP contribution in [0.2, 0.25) is 0 Å². The van der Waals surface area contributed by atoms with Crippen molar-refractivity contribution in [2.75, 3.05) is 39.9 Å². The van der Waals surface area contributed by atoms with Gasteiger partial charge in [0.15, 0.2) is 0 Å². The van der Waals surface area contributed by atoms with Crippen LogP contribution >= 0.6 is 0 Å². The van der Waals surface area contributed by atoms with Crippen LogP contribution in [0.15, 0.2) is 42.5 Å². The number of hydrogen-bond donors (Lipinski definition) is 2. The molecule has 2 unspecified atom stereocenters. The fourth-order valence-corrected chi connectivity index (χ4v) is 5.86. The number of fused-ring (bicyclic) bond motifs is 4. The van der Waals surface area contributed by atoms with Crippen molar-refractivity contribution in [3.8, 4) is 11.5 Å². The summed E-state index contributed by atoms with van der Waals surface area (Å²) in [6.07, 6.45) is 1.91. The summed E-state index contributed by atoms with van der Waals surface area (Å²) in [5, 5.41) is 11.2. The first-order chi connectivity index (χ1) is 16.8. The fraction of sp³-hybridized carbons (Fsp3) is 0.481. The molecule has 1 fully saturated rings. The van der Waals surface area contributed by atoms with Crippen molar-refractivity contribution in [2.24, 2.45) is 0 Å². The van der Waals surface area contributed by atoms with Crippen LogP contribution in [-0.4, -0.2) is 76.8 Å². The van der Waals surface area contributed by atoms with Crippen LogP contribution in [0, 0.1) is 0 Å². The molecule has 0 spiro atoms. The first kappa shape index (κ1) is 24.0. The number of hydrogen-bond acceptors (Lipinski definition) is 5. The van der Waals surface area contributed by atoms with Gasteiger partial charge in [0, 0.05) is 35.2 Å². The zero-order chi connectivity index (χ0) is 24.7. The van der Waals surface area contributed by atoms with Gasteiger partial charge in [-0.15, -0.1) is 0 Å². The van der Waals surface area contributed by atoms with E-state index in [4.69, 9.17) is 4.74 Å². The quantitative estimate of drug-likeness (QED) is 0.481. The summed E-state index contributed by atoms with van der Waals surface area (Å²) in [4.78, 5) is 11.0. The zero-order valence-electron chi connectivity index (χ0n) is 20.6. The molecule has 0 amide bonds. The SMILES string of the molecule is CCN(C)CCCN1CN2C(c3cccc(O)c3)c3[nH]c4ccc(OC(F)F)cc4c3CC2(C)C1. The average Bonchev–Trinajstić information content (AvgIpc) is 3.32. The molecule has 6 nitrogen and oxygen atoms in total. The highest BCUT2D eigenvalue weighted by Crippen LogP contribution is 2.48. The molecule has 2 aromatic carbocycles. The van der Waals surface area contributed by atoms with Crippen LogP contribution in [0.4, 0.5) is 8.78 Å². The molecule has 1 saturated heterocycles. The number of aromatic hydroxyl groups is 1. The molecule has 3 heterocycles. The van der Waals surface area contributed by atoms with E-state index in [-0.39, 0.29) is 23.1 Å². The smallest absolute Gasteiger partial charge is 0.387 e. The molecule has 0 radical (unpaired) electrons. The van der Waals surface area contributed by atoms with E-state index in [1.165, 1.54) is 0 Å². The Balaban J connectivity index is 1.53. The molecule has 2 N–H and O–H groups in total. The number of nitrogens with zero attached hydrogens (tertiary/aromatic N) is 3. The second-order valence-electron chi connectivity index (χ2n) is 10.2. The third-order valence-corrected chi connectivity index (χ3v) is 7.63. The monoisotopic (exact) mass is 484 g/mol. The molecule has 2 atom stereocenters. The van der Waals surface area contributed by atoms with Gasteiger partial charge in [0.1, 0.15) is 11.5 Å². The Bertz CT molecular complexity index is 1200. The van der Waals surface area contributed by atoms with Crippen LogP contribution < -0.4 is 4.74 Å². The summed E-state index contributed by atoms with van der Waals surface area (Å²) in [7, 11) is 2.15. The molecule has 0 aliphatic carbocycles. The van der Waals surface area contributed by atoms with E-state index in [2.05, 4.69) is 46.6 Å². The van der Waals surface area contributed by atoms with Gasteiger partial charge in [0.05, 0.1) is 12.7 Å². The fourth-order valence-electron chi connectivity index (χ4n) is 5.86. The molecule has 3 aromatic rings. The Labute approximate surface area is 205 Å². The van der Waals surface area contributed by atoms with Gasteiger partial charge in [0.2, 0.25) is 0 Å². The number of phenolic OH excluding ortho intramolecular Hbond substituents is 1. The van der Waals surface area contributed by atoms with Crippen molar-refractivity contribution >= 4 is 10.9 Å². The number of phenols is 1. The maximum atomic E-state index is 12.9. The Kier molecular flexibility index (Phi) is 6.46. The highest BCUT2D eigenvalue weighted by atomic mass is 19.3. The number of rotatable bonds is 8. The van der Waals surface area contributed by atoms with Crippen molar-refractivity contribution in [1.82, 2.24) is 19.7 Å². The summed E-state index contributed by atoms with van der Waals surface area (Å²) in [5.74, 6) is 0.405. The Morgan fingerprint density at radius 3 is 2.83 bits per heavy atom. The number of alkyl halides is 2. The van der Waals surface area contributed by atoms with Gasteiger partial charge in [0.25, 0.3) is 0 Å². The number of aromatic nitrogens is 1. The summed E-state index contributed by atoms with van der Waals surface area (Å²) in [6.45, 7) is 6.50. The Hall–Kier alpha value is -2.68. The van der Waals surface area contributed by atoms with Crippen LogP contribution in [0.25, 0.3) is 10.9 Å². The molecule has 8 heteroatoms. The number of nitrogens with one attached hydrogen (secondary N) is 1. The molecule has 2 aliphatic rings. The summed E-state index contributed by atoms with van der Waals surface area (Å²) in [6, 6.07) is 12.5. The molecule has 35 heavy (non-hydrogen) atoms. The van der Waals surface area contributed by atoms with Crippen LogP contribution in [0.5, 0.6) is 11.5 Å². The molecule has 0 saturated carbocycles. The maximum Gasteiger partial charge on any atom is 0.387 e. The third-order valence-electron chi connectivity index (χ3n) is 7.63.